The van der Waals surface area contributed by atoms with Gasteiger partial charge in [0.05, 0.1) is 26.8 Å². The Hall–Kier alpha value is -3.58. The quantitative estimate of drug-likeness (QED) is 0.548. The summed E-state index contributed by atoms with van der Waals surface area (Å²) < 4.78 is 11.2. The SMILES string of the molecule is COc1cc2c(cc1OC)[C@H](c1ccccc1)N(CC(=O)N1CCN(c3ccccn3)CC1)CC2. The highest BCUT2D eigenvalue weighted by atomic mass is 16.5. The van der Waals surface area contributed by atoms with Crippen LogP contribution < -0.4 is 14.4 Å². The van der Waals surface area contributed by atoms with E-state index in [4.69, 9.17) is 9.47 Å². The molecular weight excluding hydrogens is 440 g/mol. The Morgan fingerprint density at radius 2 is 1.63 bits per heavy atom. The highest BCUT2D eigenvalue weighted by Gasteiger charge is 2.33. The minimum absolute atomic E-state index is 0.0153. The monoisotopic (exact) mass is 472 g/mol. The molecule has 0 unspecified atom stereocenters. The van der Waals surface area contributed by atoms with Crippen molar-refractivity contribution in [2.45, 2.75) is 12.5 Å². The minimum atomic E-state index is -0.0153. The second-order valence-electron chi connectivity index (χ2n) is 9.00. The van der Waals surface area contributed by atoms with E-state index in [1.165, 1.54) is 16.7 Å². The average molecular weight is 473 g/mol. The fraction of sp³-hybridized carbons (Fsp3) is 0.357. The third-order valence-electron chi connectivity index (χ3n) is 7.03. The largest absolute Gasteiger partial charge is 0.493 e. The molecule has 0 aliphatic carbocycles. The Bertz CT molecular complexity index is 1150. The molecule has 1 fully saturated rings. The van der Waals surface area contributed by atoms with Gasteiger partial charge in [-0.05, 0) is 47.4 Å². The summed E-state index contributed by atoms with van der Waals surface area (Å²) >= 11 is 0. The van der Waals surface area contributed by atoms with Crippen molar-refractivity contribution >= 4 is 11.7 Å². The fourth-order valence-corrected chi connectivity index (χ4v) is 5.19. The maximum atomic E-state index is 13.4. The van der Waals surface area contributed by atoms with E-state index in [2.05, 4.69) is 51.2 Å². The molecule has 0 radical (unpaired) electrons. The standard InChI is InChI=1S/C28H32N4O3/c1-34-24-18-22-11-13-32(28(21-8-4-3-5-9-21)23(22)19-25(24)35-2)20-27(33)31-16-14-30(15-17-31)26-10-6-7-12-29-26/h3-10,12,18-19,28H,11,13-17,20H2,1-2H3/t28-/m0/s1. The van der Waals surface area contributed by atoms with Crippen LogP contribution in [0, 0.1) is 0 Å². The van der Waals surface area contributed by atoms with E-state index in [1.807, 2.05) is 35.4 Å². The summed E-state index contributed by atoms with van der Waals surface area (Å²) in [7, 11) is 3.33. The van der Waals surface area contributed by atoms with Gasteiger partial charge in [0.15, 0.2) is 11.5 Å². The predicted molar refractivity (Wildman–Crippen MR) is 136 cm³/mol. The second kappa shape index (κ2) is 10.4. The zero-order valence-electron chi connectivity index (χ0n) is 20.4. The number of anilines is 1. The smallest absolute Gasteiger partial charge is 0.236 e. The maximum absolute atomic E-state index is 13.4. The van der Waals surface area contributed by atoms with Crippen molar-refractivity contribution in [2.24, 2.45) is 0 Å². The number of carbonyl (C=O) groups is 1. The number of hydrogen-bond donors (Lipinski definition) is 0. The molecule has 1 amide bonds. The van der Waals surface area contributed by atoms with Crippen LogP contribution in [0.4, 0.5) is 5.82 Å². The zero-order valence-corrected chi connectivity index (χ0v) is 20.4. The molecule has 35 heavy (non-hydrogen) atoms. The van der Waals surface area contributed by atoms with Crippen molar-refractivity contribution in [3.8, 4) is 11.5 Å². The van der Waals surface area contributed by atoms with Crippen molar-refractivity contribution in [3.63, 3.8) is 0 Å². The van der Waals surface area contributed by atoms with Crippen LogP contribution in [0.3, 0.4) is 0 Å². The first-order chi connectivity index (χ1) is 17.2. The van der Waals surface area contributed by atoms with Gasteiger partial charge in [-0.3, -0.25) is 9.69 Å². The first-order valence-electron chi connectivity index (χ1n) is 12.2. The van der Waals surface area contributed by atoms with E-state index < -0.39 is 0 Å². The molecule has 5 rings (SSSR count). The molecule has 2 aliphatic rings. The number of nitrogens with zero attached hydrogens (tertiary/aromatic N) is 4. The summed E-state index contributed by atoms with van der Waals surface area (Å²) in [6.45, 7) is 4.20. The molecule has 7 nitrogen and oxygen atoms in total. The summed E-state index contributed by atoms with van der Waals surface area (Å²) in [4.78, 5) is 24.4. The number of hydrogen-bond acceptors (Lipinski definition) is 6. The highest BCUT2D eigenvalue weighted by molar-refractivity contribution is 5.79. The zero-order chi connectivity index (χ0) is 24.2. The van der Waals surface area contributed by atoms with Crippen LogP contribution in [-0.4, -0.2) is 74.2 Å². The fourth-order valence-electron chi connectivity index (χ4n) is 5.19. The molecule has 1 saturated heterocycles. The molecule has 1 aromatic heterocycles. The first kappa shape index (κ1) is 23.2. The van der Waals surface area contributed by atoms with Crippen LogP contribution in [0.5, 0.6) is 11.5 Å². The van der Waals surface area contributed by atoms with Gasteiger partial charge < -0.3 is 19.3 Å². The van der Waals surface area contributed by atoms with Crippen molar-refractivity contribution in [1.82, 2.24) is 14.8 Å². The lowest BCUT2D eigenvalue weighted by atomic mass is 9.87. The van der Waals surface area contributed by atoms with Gasteiger partial charge in [0.2, 0.25) is 5.91 Å². The Labute approximate surface area is 206 Å². The van der Waals surface area contributed by atoms with Crippen molar-refractivity contribution in [1.29, 1.82) is 0 Å². The first-order valence-corrected chi connectivity index (χ1v) is 12.2. The van der Waals surface area contributed by atoms with E-state index >= 15 is 0 Å². The average Bonchev–Trinajstić information content (AvgIpc) is 2.93. The number of carbonyl (C=O) groups excluding carboxylic acids is 1. The van der Waals surface area contributed by atoms with E-state index in [1.54, 1.807) is 14.2 Å². The van der Waals surface area contributed by atoms with E-state index in [0.29, 0.717) is 25.4 Å². The number of methoxy groups -OCH3 is 2. The Balaban J connectivity index is 1.35. The molecule has 0 saturated carbocycles. The number of fused-ring (bicyclic) bond motifs is 1. The molecule has 3 heterocycles. The molecule has 2 aromatic carbocycles. The second-order valence-corrected chi connectivity index (χ2v) is 9.00. The summed E-state index contributed by atoms with van der Waals surface area (Å²) in [6, 6.07) is 20.5. The van der Waals surface area contributed by atoms with Crippen molar-refractivity contribution < 1.29 is 14.3 Å². The number of aromatic nitrogens is 1. The van der Waals surface area contributed by atoms with Gasteiger partial charge in [-0.2, -0.15) is 0 Å². The van der Waals surface area contributed by atoms with E-state index in [0.717, 1.165) is 37.6 Å². The van der Waals surface area contributed by atoms with E-state index in [9.17, 15) is 4.79 Å². The van der Waals surface area contributed by atoms with Crippen LogP contribution in [0.15, 0.2) is 66.9 Å². The molecule has 7 heteroatoms. The number of rotatable bonds is 6. The van der Waals surface area contributed by atoms with Crippen LogP contribution in [0.25, 0.3) is 0 Å². The Kier molecular flexibility index (Phi) is 6.86. The lowest BCUT2D eigenvalue weighted by Gasteiger charge is -2.40. The molecule has 2 aliphatic heterocycles. The number of piperazine rings is 1. The summed E-state index contributed by atoms with van der Waals surface area (Å²) in [5.41, 5.74) is 3.59. The van der Waals surface area contributed by atoms with Crippen LogP contribution in [0.1, 0.15) is 22.7 Å². The number of ether oxygens (including phenoxy) is 2. The molecule has 3 aromatic rings. The lowest BCUT2D eigenvalue weighted by molar-refractivity contribution is -0.133. The Morgan fingerprint density at radius 3 is 2.31 bits per heavy atom. The molecule has 182 valence electrons. The topological polar surface area (TPSA) is 58.1 Å². The molecule has 1 atom stereocenters. The van der Waals surface area contributed by atoms with Gasteiger partial charge >= 0.3 is 0 Å². The van der Waals surface area contributed by atoms with Crippen molar-refractivity contribution in [2.75, 3.05) is 58.4 Å². The van der Waals surface area contributed by atoms with Crippen LogP contribution >= 0.6 is 0 Å². The van der Waals surface area contributed by atoms with Crippen molar-refractivity contribution in [3.05, 3.63) is 83.6 Å². The van der Waals surface area contributed by atoms with Gasteiger partial charge in [0.1, 0.15) is 5.82 Å². The van der Waals surface area contributed by atoms with Gasteiger partial charge in [-0.15, -0.1) is 0 Å². The van der Waals surface area contributed by atoms with Crippen LogP contribution in [-0.2, 0) is 11.2 Å². The third-order valence-corrected chi connectivity index (χ3v) is 7.03. The summed E-state index contributed by atoms with van der Waals surface area (Å²) in [5, 5.41) is 0. The normalized spacial score (nSPS) is 18.2. The molecule has 0 N–H and O–H groups in total. The van der Waals surface area contributed by atoms with Gasteiger partial charge in [-0.1, -0.05) is 36.4 Å². The maximum Gasteiger partial charge on any atom is 0.236 e. The summed E-state index contributed by atoms with van der Waals surface area (Å²) in [6.07, 6.45) is 2.68. The van der Waals surface area contributed by atoms with Gasteiger partial charge in [0.25, 0.3) is 0 Å². The number of amides is 1. The number of pyridine rings is 1. The van der Waals surface area contributed by atoms with E-state index in [-0.39, 0.29) is 11.9 Å². The molecule has 0 bridgehead atoms. The molecule has 0 spiro atoms. The lowest BCUT2D eigenvalue weighted by Crippen LogP contribution is -2.52. The minimum Gasteiger partial charge on any atom is -0.493 e. The van der Waals surface area contributed by atoms with Gasteiger partial charge in [0, 0.05) is 38.9 Å². The predicted octanol–water partition coefficient (Wildman–Crippen LogP) is 3.40. The number of benzene rings is 2. The van der Waals surface area contributed by atoms with Crippen LogP contribution in [0.2, 0.25) is 0 Å². The Morgan fingerprint density at radius 1 is 0.914 bits per heavy atom. The van der Waals surface area contributed by atoms with Gasteiger partial charge in [-0.25, -0.2) is 4.98 Å². The molecular formula is C28H32N4O3. The third kappa shape index (κ3) is 4.82. The highest BCUT2D eigenvalue weighted by Crippen LogP contribution is 2.40. The summed E-state index contributed by atoms with van der Waals surface area (Å²) in [5.74, 6) is 2.61.